The predicted octanol–water partition coefficient (Wildman–Crippen LogP) is 3.33. The molecule has 5 heteroatoms. The summed E-state index contributed by atoms with van der Waals surface area (Å²) in [5.74, 6) is -0.0659. The summed E-state index contributed by atoms with van der Waals surface area (Å²) in [6.07, 6.45) is 5.57. The first-order chi connectivity index (χ1) is 11.3. The molecule has 1 amide bonds. The van der Waals surface area contributed by atoms with Gasteiger partial charge in [-0.1, -0.05) is 30.3 Å². The Morgan fingerprint density at radius 2 is 2.04 bits per heavy atom. The lowest BCUT2D eigenvalue weighted by Crippen LogP contribution is -2.40. The molecule has 114 valence electrons. The van der Waals surface area contributed by atoms with Crippen molar-refractivity contribution >= 4 is 17.2 Å². The first kappa shape index (κ1) is 14.1. The van der Waals surface area contributed by atoms with E-state index in [4.69, 9.17) is 0 Å². The normalized spacial score (nSPS) is 16.9. The third kappa shape index (κ3) is 2.53. The number of amides is 1. The second-order valence-corrected chi connectivity index (χ2v) is 6.45. The van der Waals surface area contributed by atoms with Gasteiger partial charge < -0.3 is 4.90 Å². The summed E-state index contributed by atoms with van der Waals surface area (Å²) in [6.45, 7) is 0.697. The number of hydrogen-bond donors (Lipinski definition) is 0. The molecular formula is C18H15N3OS. The summed E-state index contributed by atoms with van der Waals surface area (Å²) in [5, 5.41) is 2.11. The van der Waals surface area contributed by atoms with E-state index in [1.54, 1.807) is 23.7 Å². The third-order valence-electron chi connectivity index (χ3n) is 4.12. The number of carbonyl (C=O) groups excluding carboxylic acids is 1. The van der Waals surface area contributed by atoms with Gasteiger partial charge in [0.2, 0.25) is 0 Å². The maximum absolute atomic E-state index is 12.9. The van der Waals surface area contributed by atoms with Crippen molar-refractivity contribution < 1.29 is 4.79 Å². The Hall–Kier alpha value is -2.53. The summed E-state index contributed by atoms with van der Waals surface area (Å²) in [6, 6.07) is 12.3. The zero-order valence-corrected chi connectivity index (χ0v) is 13.2. The average molecular weight is 321 g/mol. The Morgan fingerprint density at radius 3 is 2.83 bits per heavy atom. The number of thiophene rings is 1. The molecule has 2 aromatic heterocycles. The highest BCUT2D eigenvalue weighted by molar-refractivity contribution is 7.10. The number of rotatable bonds is 2. The van der Waals surface area contributed by atoms with Gasteiger partial charge in [-0.25, -0.2) is 4.98 Å². The van der Waals surface area contributed by atoms with Crippen LogP contribution in [0.2, 0.25) is 0 Å². The summed E-state index contributed by atoms with van der Waals surface area (Å²) >= 11 is 1.77. The molecule has 1 unspecified atom stereocenters. The van der Waals surface area contributed by atoms with Gasteiger partial charge in [-0.3, -0.25) is 9.78 Å². The average Bonchev–Trinajstić information content (AvgIpc) is 3.10. The van der Waals surface area contributed by atoms with Gasteiger partial charge in [-0.2, -0.15) is 0 Å². The number of fused-ring (bicyclic) bond motifs is 1. The molecule has 4 rings (SSSR count). The van der Waals surface area contributed by atoms with Crippen LogP contribution in [-0.4, -0.2) is 27.3 Å². The van der Waals surface area contributed by atoms with Crippen molar-refractivity contribution in [2.75, 3.05) is 6.54 Å². The van der Waals surface area contributed by atoms with Crippen LogP contribution in [0.15, 0.2) is 60.4 Å². The van der Waals surface area contributed by atoms with Crippen LogP contribution in [0, 0.1) is 0 Å². The van der Waals surface area contributed by atoms with Crippen LogP contribution >= 0.6 is 11.3 Å². The summed E-state index contributed by atoms with van der Waals surface area (Å²) in [7, 11) is 0. The minimum atomic E-state index is -0.0659. The second kappa shape index (κ2) is 5.93. The predicted molar refractivity (Wildman–Crippen MR) is 89.4 cm³/mol. The summed E-state index contributed by atoms with van der Waals surface area (Å²) in [4.78, 5) is 24.4. The first-order valence-corrected chi connectivity index (χ1v) is 8.41. The van der Waals surface area contributed by atoms with Crippen LogP contribution in [0.25, 0.3) is 0 Å². The Balaban J connectivity index is 1.78. The zero-order chi connectivity index (χ0) is 15.6. The highest BCUT2D eigenvalue weighted by Gasteiger charge is 2.33. The van der Waals surface area contributed by atoms with Crippen molar-refractivity contribution in [2.24, 2.45) is 0 Å². The number of aromatic nitrogens is 2. The number of carbonyl (C=O) groups is 1. The topological polar surface area (TPSA) is 46.1 Å². The van der Waals surface area contributed by atoms with Gasteiger partial charge in [-0.15, -0.1) is 11.3 Å². The van der Waals surface area contributed by atoms with Crippen molar-refractivity contribution in [1.29, 1.82) is 0 Å². The fourth-order valence-corrected chi connectivity index (χ4v) is 3.99. The molecule has 4 nitrogen and oxygen atoms in total. The molecule has 1 aliphatic heterocycles. The molecule has 0 N–H and O–H groups in total. The lowest BCUT2D eigenvalue weighted by Gasteiger charge is -2.36. The van der Waals surface area contributed by atoms with Gasteiger partial charge in [0.1, 0.15) is 5.69 Å². The highest BCUT2D eigenvalue weighted by Crippen LogP contribution is 2.38. The Morgan fingerprint density at radius 1 is 1.17 bits per heavy atom. The summed E-state index contributed by atoms with van der Waals surface area (Å²) in [5.41, 5.74) is 2.75. The van der Waals surface area contributed by atoms with Crippen molar-refractivity contribution in [2.45, 2.75) is 12.5 Å². The van der Waals surface area contributed by atoms with E-state index in [1.165, 1.54) is 16.6 Å². The van der Waals surface area contributed by atoms with E-state index in [-0.39, 0.29) is 11.9 Å². The minimum Gasteiger partial charge on any atom is -0.326 e. The molecule has 1 aliphatic rings. The van der Waals surface area contributed by atoms with Gasteiger partial charge in [0.15, 0.2) is 0 Å². The highest BCUT2D eigenvalue weighted by atomic mass is 32.1. The lowest BCUT2D eigenvalue weighted by atomic mass is 9.93. The first-order valence-electron chi connectivity index (χ1n) is 7.53. The number of benzene rings is 1. The molecule has 0 fully saturated rings. The number of hydrogen-bond acceptors (Lipinski definition) is 4. The van der Waals surface area contributed by atoms with E-state index in [0.717, 1.165) is 12.0 Å². The van der Waals surface area contributed by atoms with Gasteiger partial charge in [0.25, 0.3) is 5.91 Å². The Kier molecular flexibility index (Phi) is 3.63. The molecule has 0 saturated carbocycles. The summed E-state index contributed by atoms with van der Waals surface area (Å²) < 4.78 is 0. The molecule has 0 bridgehead atoms. The monoisotopic (exact) mass is 321 g/mol. The molecule has 0 spiro atoms. The van der Waals surface area contributed by atoms with Crippen molar-refractivity contribution in [1.82, 2.24) is 14.9 Å². The van der Waals surface area contributed by atoms with E-state index in [2.05, 4.69) is 33.5 Å². The van der Waals surface area contributed by atoms with Crippen molar-refractivity contribution in [3.05, 3.63) is 82.1 Å². The van der Waals surface area contributed by atoms with E-state index in [0.29, 0.717) is 12.2 Å². The standard InChI is InChI=1S/C18H15N3OS/c22-18(15-12-19-8-9-20-15)21-10-6-16-14(7-11-23-16)17(21)13-4-2-1-3-5-13/h1-5,7-9,11-12,17H,6,10H2. The van der Waals surface area contributed by atoms with Crippen LogP contribution in [0.5, 0.6) is 0 Å². The van der Waals surface area contributed by atoms with Crippen LogP contribution in [0.1, 0.15) is 32.5 Å². The SMILES string of the molecule is O=C(c1cnccn1)N1CCc2sccc2C1c1ccccc1. The molecule has 1 aromatic carbocycles. The quantitative estimate of drug-likeness (QED) is 0.727. The Bertz CT molecular complexity index is 817. The maximum atomic E-state index is 12.9. The van der Waals surface area contributed by atoms with Crippen LogP contribution in [0.3, 0.4) is 0 Å². The van der Waals surface area contributed by atoms with Crippen LogP contribution in [0.4, 0.5) is 0 Å². The smallest absolute Gasteiger partial charge is 0.274 e. The van der Waals surface area contributed by atoms with Gasteiger partial charge in [0.05, 0.1) is 12.2 Å². The fraction of sp³-hybridized carbons (Fsp3) is 0.167. The molecule has 0 aliphatic carbocycles. The largest absolute Gasteiger partial charge is 0.326 e. The molecule has 1 atom stereocenters. The Labute approximate surface area is 138 Å². The molecule has 23 heavy (non-hydrogen) atoms. The lowest BCUT2D eigenvalue weighted by molar-refractivity contribution is 0.0689. The maximum Gasteiger partial charge on any atom is 0.274 e. The van der Waals surface area contributed by atoms with E-state index < -0.39 is 0 Å². The zero-order valence-electron chi connectivity index (χ0n) is 12.4. The van der Waals surface area contributed by atoms with Gasteiger partial charge >= 0.3 is 0 Å². The van der Waals surface area contributed by atoms with Gasteiger partial charge in [0, 0.05) is 23.8 Å². The van der Waals surface area contributed by atoms with E-state index in [9.17, 15) is 4.79 Å². The van der Waals surface area contributed by atoms with Crippen LogP contribution < -0.4 is 0 Å². The van der Waals surface area contributed by atoms with E-state index >= 15 is 0 Å². The third-order valence-corrected chi connectivity index (χ3v) is 5.12. The molecular weight excluding hydrogens is 306 g/mol. The fourth-order valence-electron chi connectivity index (χ4n) is 3.09. The molecule has 3 aromatic rings. The van der Waals surface area contributed by atoms with Crippen molar-refractivity contribution in [3.63, 3.8) is 0 Å². The van der Waals surface area contributed by atoms with Gasteiger partial charge in [-0.05, 0) is 29.0 Å². The van der Waals surface area contributed by atoms with Crippen molar-refractivity contribution in [3.8, 4) is 0 Å². The molecule has 0 saturated heterocycles. The second-order valence-electron chi connectivity index (χ2n) is 5.45. The minimum absolute atomic E-state index is 0.0549. The molecule has 3 heterocycles. The van der Waals surface area contributed by atoms with E-state index in [1.807, 2.05) is 23.1 Å². The molecule has 0 radical (unpaired) electrons. The van der Waals surface area contributed by atoms with Crippen LogP contribution in [-0.2, 0) is 6.42 Å². The number of nitrogens with zero attached hydrogens (tertiary/aromatic N) is 3.